The molecular weight excluding hydrogens is 381 g/mol. The third-order valence-electron chi connectivity index (χ3n) is 5.24. The molecule has 0 aliphatic rings. The first-order valence-corrected chi connectivity index (χ1v) is 12.3. The first kappa shape index (κ1) is 23.8. The Labute approximate surface area is 176 Å². The number of benzene rings is 2. The van der Waals surface area contributed by atoms with Crippen LogP contribution in [0.4, 0.5) is 0 Å². The molecule has 2 aromatic rings. The summed E-state index contributed by atoms with van der Waals surface area (Å²) in [5, 5.41) is 2.96. The van der Waals surface area contributed by atoms with Crippen molar-refractivity contribution < 1.29 is 13.6 Å². The molecule has 29 heavy (non-hydrogen) atoms. The fourth-order valence-corrected chi connectivity index (χ4v) is 6.37. The predicted molar refractivity (Wildman–Crippen MR) is 121 cm³/mol. The fourth-order valence-electron chi connectivity index (χ4n) is 3.88. The molecule has 4 nitrogen and oxygen atoms in total. The molecule has 160 valence electrons. The minimum Gasteiger partial charge on any atom is -0.308 e. The van der Waals surface area contributed by atoms with Crippen LogP contribution in [0.1, 0.15) is 64.1 Å². The SMILES string of the molecule is CCCC(CCc1ccccc1)(NC(C)c1ccccc1)P(=O)(OCC)OCC. The lowest BCUT2D eigenvalue weighted by molar-refractivity contribution is 0.171. The summed E-state index contributed by atoms with van der Waals surface area (Å²) in [7, 11) is -3.40. The van der Waals surface area contributed by atoms with Gasteiger partial charge >= 0.3 is 7.60 Å². The predicted octanol–water partition coefficient (Wildman–Crippen LogP) is 6.73. The molecule has 5 heteroatoms. The maximum absolute atomic E-state index is 14.1. The zero-order valence-corrected chi connectivity index (χ0v) is 19.2. The maximum atomic E-state index is 14.1. The summed E-state index contributed by atoms with van der Waals surface area (Å²) in [6.07, 6.45) is 3.08. The van der Waals surface area contributed by atoms with Gasteiger partial charge in [-0.1, -0.05) is 74.0 Å². The van der Waals surface area contributed by atoms with Crippen molar-refractivity contribution in [2.24, 2.45) is 0 Å². The molecule has 0 bridgehead atoms. The lowest BCUT2D eigenvalue weighted by Gasteiger charge is -2.42. The number of hydrogen-bond donors (Lipinski definition) is 1. The van der Waals surface area contributed by atoms with Crippen LogP contribution >= 0.6 is 7.60 Å². The van der Waals surface area contributed by atoms with Crippen molar-refractivity contribution in [1.82, 2.24) is 5.32 Å². The second kappa shape index (κ2) is 11.7. The fraction of sp³-hybridized carbons (Fsp3) is 0.500. The topological polar surface area (TPSA) is 47.6 Å². The second-order valence-electron chi connectivity index (χ2n) is 7.38. The van der Waals surface area contributed by atoms with Gasteiger partial charge in [0.2, 0.25) is 0 Å². The Morgan fingerprint density at radius 2 is 1.45 bits per heavy atom. The Morgan fingerprint density at radius 1 is 0.897 bits per heavy atom. The Kier molecular flexibility index (Phi) is 9.58. The van der Waals surface area contributed by atoms with Crippen LogP contribution in [0.15, 0.2) is 60.7 Å². The molecule has 2 aromatic carbocycles. The molecule has 0 aromatic heterocycles. The van der Waals surface area contributed by atoms with Crippen LogP contribution in [0.5, 0.6) is 0 Å². The Hall–Kier alpha value is -1.45. The molecule has 0 aliphatic heterocycles. The lowest BCUT2D eigenvalue weighted by Crippen LogP contribution is -2.47. The molecule has 0 saturated heterocycles. The molecule has 0 aliphatic carbocycles. The van der Waals surface area contributed by atoms with E-state index < -0.39 is 12.9 Å². The van der Waals surface area contributed by atoms with Crippen molar-refractivity contribution >= 4 is 7.60 Å². The normalized spacial score (nSPS) is 15.0. The Morgan fingerprint density at radius 3 is 1.97 bits per heavy atom. The van der Waals surface area contributed by atoms with Crippen molar-refractivity contribution in [2.45, 2.75) is 64.7 Å². The molecule has 0 spiro atoms. The van der Waals surface area contributed by atoms with E-state index in [1.54, 1.807) is 0 Å². The molecule has 2 atom stereocenters. The van der Waals surface area contributed by atoms with Gasteiger partial charge in [-0.25, -0.2) is 0 Å². The van der Waals surface area contributed by atoms with Gasteiger partial charge in [0, 0.05) is 6.04 Å². The van der Waals surface area contributed by atoms with Gasteiger partial charge in [-0.3, -0.25) is 9.88 Å². The Balaban J connectivity index is 2.42. The van der Waals surface area contributed by atoms with Gasteiger partial charge in [-0.2, -0.15) is 0 Å². The third kappa shape index (κ3) is 6.26. The molecule has 0 saturated carbocycles. The van der Waals surface area contributed by atoms with Crippen molar-refractivity contribution in [3.8, 4) is 0 Å². The van der Waals surface area contributed by atoms with Crippen LogP contribution in [-0.2, 0) is 20.0 Å². The highest BCUT2D eigenvalue weighted by Gasteiger charge is 2.50. The lowest BCUT2D eigenvalue weighted by atomic mass is 9.99. The van der Waals surface area contributed by atoms with Crippen LogP contribution in [0.3, 0.4) is 0 Å². The highest BCUT2D eigenvalue weighted by atomic mass is 31.2. The van der Waals surface area contributed by atoms with Gasteiger partial charge in [-0.15, -0.1) is 0 Å². The second-order valence-corrected chi connectivity index (χ2v) is 9.74. The monoisotopic (exact) mass is 417 g/mol. The summed E-state index contributed by atoms with van der Waals surface area (Å²) in [6.45, 7) is 8.70. The summed E-state index contributed by atoms with van der Waals surface area (Å²) in [5.41, 5.74) is 2.38. The van der Waals surface area contributed by atoms with Gasteiger partial charge in [-0.05, 0) is 51.2 Å². The number of nitrogens with one attached hydrogen (secondary N) is 1. The smallest absolute Gasteiger partial charge is 0.308 e. The standard InChI is InChI=1S/C24H36NO3P/c1-5-19-24(29(26,27-6-2)28-7-3,20-18-22-14-10-8-11-15-22)25-21(4)23-16-12-9-13-17-23/h8-17,21,25H,5-7,18-20H2,1-4H3. The molecule has 2 rings (SSSR count). The van der Waals surface area contributed by atoms with E-state index in [9.17, 15) is 4.57 Å². The largest absolute Gasteiger partial charge is 0.350 e. The van der Waals surface area contributed by atoms with E-state index in [0.29, 0.717) is 26.1 Å². The van der Waals surface area contributed by atoms with Crippen LogP contribution in [0.25, 0.3) is 0 Å². The average molecular weight is 418 g/mol. The van der Waals surface area contributed by atoms with Gasteiger partial charge in [0.05, 0.1) is 13.2 Å². The van der Waals surface area contributed by atoms with Gasteiger partial charge < -0.3 is 9.05 Å². The minimum atomic E-state index is -3.40. The van der Waals surface area contributed by atoms with Crippen LogP contribution < -0.4 is 5.32 Å². The summed E-state index contributed by atoms with van der Waals surface area (Å²) >= 11 is 0. The highest BCUT2D eigenvalue weighted by molar-refractivity contribution is 7.55. The van der Waals surface area contributed by atoms with Gasteiger partial charge in [0.15, 0.2) is 0 Å². The maximum Gasteiger partial charge on any atom is 0.350 e. The van der Waals surface area contributed by atoms with E-state index in [-0.39, 0.29) is 6.04 Å². The van der Waals surface area contributed by atoms with E-state index in [4.69, 9.17) is 9.05 Å². The Bertz CT molecular complexity index is 743. The molecule has 0 amide bonds. The van der Waals surface area contributed by atoms with E-state index in [1.165, 1.54) is 5.56 Å². The molecule has 0 heterocycles. The van der Waals surface area contributed by atoms with Crippen LogP contribution in [0, 0.1) is 0 Å². The zero-order chi connectivity index (χ0) is 21.2. The number of aryl methyl sites for hydroxylation is 1. The molecular formula is C24H36NO3P. The van der Waals surface area contributed by atoms with E-state index in [0.717, 1.165) is 18.4 Å². The van der Waals surface area contributed by atoms with E-state index >= 15 is 0 Å². The highest BCUT2D eigenvalue weighted by Crippen LogP contribution is 2.62. The molecule has 0 fully saturated rings. The van der Waals surface area contributed by atoms with E-state index in [1.807, 2.05) is 50.2 Å². The minimum absolute atomic E-state index is 0.0211. The van der Waals surface area contributed by atoms with Crippen LogP contribution in [-0.4, -0.2) is 18.5 Å². The first-order chi connectivity index (χ1) is 14.0. The van der Waals surface area contributed by atoms with Crippen LogP contribution in [0.2, 0.25) is 0 Å². The van der Waals surface area contributed by atoms with Crippen molar-refractivity contribution in [2.75, 3.05) is 13.2 Å². The summed E-state index contributed by atoms with van der Waals surface area (Å²) in [5.74, 6) is 0. The molecule has 2 unspecified atom stereocenters. The van der Waals surface area contributed by atoms with Gasteiger partial charge in [0.1, 0.15) is 5.28 Å². The number of hydrogen-bond acceptors (Lipinski definition) is 4. The molecule has 0 radical (unpaired) electrons. The summed E-state index contributed by atoms with van der Waals surface area (Å²) in [6, 6.07) is 20.6. The summed E-state index contributed by atoms with van der Waals surface area (Å²) < 4.78 is 25.9. The zero-order valence-electron chi connectivity index (χ0n) is 18.3. The first-order valence-electron chi connectivity index (χ1n) is 10.8. The van der Waals surface area contributed by atoms with E-state index in [2.05, 4.69) is 43.4 Å². The van der Waals surface area contributed by atoms with Crippen molar-refractivity contribution in [1.29, 1.82) is 0 Å². The molecule has 1 N–H and O–H groups in total. The summed E-state index contributed by atoms with van der Waals surface area (Å²) in [4.78, 5) is 0. The van der Waals surface area contributed by atoms with Crippen molar-refractivity contribution in [3.63, 3.8) is 0 Å². The third-order valence-corrected chi connectivity index (χ3v) is 8.06. The average Bonchev–Trinajstić information content (AvgIpc) is 2.74. The quantitative estimate of drug-likeness (QED) is 0.367. The van der Waals surface area contributed by atoms with Crippen molar-refractivity contribution in [3.05, 3.63) is 71.8 Å². The van der Waals surface area contributed by atoms with Gasteiger partial charge in [0.25, 0.3) is 0 Å². The number of rotatable bonds is 13.